The molecule has 19 heavy (non-hydrogen) atoms. The zero-order chi connectivity index (χ0) is 14.0. The average Bonchev–Trinajstić information content (AvgIpc) is 2.66. The van der Waals surface area contributed by atoms with Crippen LogP contribution in [0.2, 0.25) is 5.02 Å². The Bertz CT molecular complexity index is 585. The summed E-state index contributed by atoms with van der Waals surface area (Å²) in [6.45, 7) is 2.04. The van der Waals surface area contributed by atoms with E-state index in [1.165, 1.54) is 0 Å². The van der Waals surface area contributed by atoms with Crippen molar-refractivity contribution in [1.29, 1.82) is 0 Å². The van der Waals surface area contributed by atoms with Gasteiger partial charge in [0.05, 0.1) is 26.6 Å². The van der Waals surface area contributed by atoms with Gasteiger partial charge < -0.3 is 5.11 Å². The molecule has 1 unspecified atom stereocenters. The molecule has 0 spiro atoms. The fourth-order valence-electron chi connectivity index (χ4n) is 1.96. The topological polar surface area (TPSA) is 50.9 Å². The van der Waals surface area contributed by atoms with E-state index >= 15 is 0 Å². The number of nitrogens with zero attached hydrogens (tertiary/aromatic N) is 3. The van der Waals surface area contributed by atoms with Gasteiger partial charge in [-0.2, -0.15) is 5.10 Å². The second kappa shape index (κ2) is 6.03. The Kier molecular flexibility index (Phi) is 4.60. The molecule has 6 heteroatoms. The van der Waals surface area contributed by atoms with E-state index < -0.39 is 6.10 Å². The summed E-state index contributed by atoms with van der Waals surface area (Å²) < 4.78 is 2.73. The predicted octanol–water partition coefficient (Wildman–Crippen LogP) is 3.07. The van der Waals surface area contributed by atoms with Crippen LogP contribution >= 0.6 is 27.5 Å². The minimum atomic E-state index is -0.745. The molecule has 0 amide bonds. The van der Waals surface area contributed by atoms with Gasteiger partial charge in [0.25, 0.3) is 0 Å². The maximum atomic E-state index is 10.3. The third kappa shape index (κ3) is 2.99. The largest absolute Gasteiger partial charge is 0.386 e. The molecule has 0 saturated carbocycles. The fourth-order valence-corrected chi connectivity index (χ4v) is 2.99. The molecule has 2 aromatic heterocycles. The molecule has 0 aliphatic carbocycles. The Labute approximate surface area is 125 Å². The molecule has 0 saturated heterocycles. The van der Waals surface area contributed by atoms with E-state index in [1.807, 2.05) is 14.0 Å². The third-order valence-corrected chi connectivity index (χ3v) is 4.23. The molecular formula is C13H15BrClN3O. The highest BCUT2D eigenvalue weighted by Gasteiger charge is 2.19. The van der Waals surface area contributed by atoms with Gasteiger partial charge in [0.2, 0.25) is 0 Å². The van der Waals surface area contributed by atoms with Gasteiger partial charge in [0.15, 0.2) is 0 Å². The predicted molar refractivity (Wildman–Crippen MR) is 78.2 cm³/mol. The summed E-state index contributed by atoms with van der Waals surface area (Å²) >= 11 is 9.57. The highest BCUT2D eigenvalue weighted by atomic mass is 79.9. The van der Waals surface area contributed by atoms with E-state index in [1.54, 1.807) is 23.0 Å². The normalized spacial score (nSPS) is 12.7. The van der Waals surface area contributed by atoms with Gasteiger partial charge >= 0.3 is 0 Å². The van der Waals surface area contributed by atoms with Crippen LogP contribution < -0.4 is 0 Å². The lowest BCUT2D eigenvalue weighted by Crippen LogP contribution is -2.08. The molecule has 0 radical (unpaired) electrons. The molecule has 2 rings (SSSR count). The van der Waals surface area contributed by atoms with Crippen molar-refractivity contribution in [2.45, 2.75) is 25.9 Å². The maximum absolute atomic E-state index is 10.3. The fraction of sp³-hybridized carbons (Fsp3) is 0.385. The molecule has 0 bridgehead atoms. The number of hydrogen-bond donors (Lipinski definition) is 1. The lowest BCUT2D eigenvalue weighted by atomic mass is 10.1. The zero-order valence-corrected chi connectivity index (χ0v) is 13.1. The average molecular weight is 345 g/mol. The minimum absolute atomic E-state index is 0.417. The van der Waals surface area contributed by atoms with Gasteiger partial charge in [0, 0.05) is 19.7 Å². The molecule has 102 valence electrons. The number of halogens is 2. The van der Waals surface area contributed by atoms with Crippen LogP contribution in [0.4, 0.5) is 0 Å². The third-order valence-electron chi connectivity index (χ3n) is 2.99. The Morgan fingerprint density at radius 3 is 2.84 bits per heavy atom. The van der Waals surface area contributed by atoms with Gasteiger partial charge in [-0.3, -0.25) is 9.67 Å². The van der Waals surface area contributed by atoms with Crippen LogP contribution in [0.3, 0.4) is 0 Å². The molecule has 0 aliphatic rings. The number of aliphatic hydroxyl groups is 1. The van der Waals surface area contributed by atoms with Gasteiger partial charge in [0.1, 0.15) is 6.10 Å². The van der Waals surface area contributed by atoms with Crippen LogP contribution in [-0.2, 0) is 19.9 Å². The van der Waals surface area contributed by atoms with Crippen molar-refractivity contribution in [2.24, 2.45) is 7.05 Å². The molecule has 1 N–H and O–H groups in total. The van der Waals surface area contributed by atoms with Crippen molar-refractivity contribution in [3.05, 3.63) is 44.9 Å². The zero-order valence-electron chi connectivity index (χ0n) is 10.8. The van der Waals surface area contributed by atoms with Crippen LogP contribution in [0, 0.1) is 0 Å². The number of aliphatic hydroxyl groups excluding tert-OH is 1. The first-order valence-electron chi connectivity index (χ1n) is 6.03. The van der Waals surface area contributed by atoms with E-state index in [0.29, 0.717) is 17.1 Å². The number of hydrogen-bond acceptors (Lipinski definition) is 3. The van der Waals surface area contributed by atoms with E-state index in [4.69, 9.17) is 11.6 Å². The van der Waals surface area contributed by atoms with Crippen LogP contribution in [0.5, 0.6) is 0 Å². The number of rotatable bonds is 4. The molecule has 4 nitrogen and oxygen atoms in total. The second-order valence-electron chi connectivity index (χ2n) is 4.27. The highest BCUT2D eigenvalue weighted by molar-refractivity contribution is 9.10. The van der Waals surface area contributed by atoms with Gasteiger partial charge in [-0.05, 0) is 34.5 Å². The standard InChI is InChI=1S/C13H15BrClN3O/c1-3-9-12(14)10(18(2)17-9)7-11(19)13-8(15)5-4-6-16-13/h4-6,11,19H,3,7H2,1-2H3. The van der Waals surface area contributed by atoms with Crippen LogP contribution in [0.25, 0.3) is 0 Å². The summed E-state index contributed by atoms with van der Waals surface area (Å²) in [5.74, 6) is 0. The number of aryl methyl sites for hydroxylation is 2. The monoisotopic (exact) mass is 343 g/mol. The van der Waals surface area contributed by atoms with Crippen molar-refractivity contribution < 1.29 is 5.11 Å². The Morgan fingerprint density at radius 2 is 2.26 bits per heavy atom. The molecule has 1 atom stereocenters. The minimum Gasteiger partial charge on any atom is -0.386 e. The van der Waals surface area contributed by atoms with E-state index in [2.05, 4.69) is 26.0 Å². The molecule has 2 heterocycles. The summed E-state index contributed by atoms with van der Waals surface area (Å²) in [7, 11) is 1.87. The summed E-state index contributed by atoms with van der Waals surface area (Å²) in [5, 5.41) is 15.2. The Morgan fingerprint density at radius 1 is 1.53 bits per heavy atom. The first-order chi connectivity index (χ1) is 9.04. The van der Waals surface area contributed by atoms with Crippen molar-refractivity contribution in [1.82, 2.24) is 14.8 Å². The smallest absolute Gasteiger partial charge is 0.103 e. The van der Waals surface area contributed by atoms with Crippen LogP contribution in [0.1, 0.15) is 30.1 Å². The molecule has 0 aromatic carbocycles. The summed E-state index contributed by atoms with van der Waals surface area (Å²) in [6, 6.07) is 3.47. The first kappa shape index (κ1) is 14.5. The first-order valence-corrected chi connectivity index (χ1v) is 7.20. The molecular weight excluding hydrogens is 330 g/mol. The summed E-state index contributed by atoms with van der Waals surface area (Å²) in [5.41, 5.74) is 2.42. The van der Waals surface area contributed by atoms with Crippen molar-refractivity contribution in [2.75, 3.05) is 0 Å². The summed E-state index contributed by atoms with van der Waals surface area (Å²) in [6.07, 6.45) is 2.14. The summed E-state index contributed by atoms with van der Waals surface area (Å²) in [4.78, 5) is 4.13. The second-order valence-corrected chi connectivity index (χ2v) is 5.48. The molecule has 2 aromatic rings. The van der Waals surface area contributed by atoms with Crippen molar-refractivity contribution in [3.8, 4) is 0 Å². The van der Waals surface area contributed by atoms with E-state index in [0.717, 1.165) is 22.3 Å². The van der Waals surface area contributed by atoms with Crippen molar-refractivity contribution >= 4 is 27.5 Å². The van der Waals surface area contributed by atoms with Gasteiger partial charge in [-0.1, -0.05) is 18.5 Å². The van der Waals surface area contributed by atoms with Crippen molar-refractivity contribution in [3.63, 3.8) is 0 Å². The Balaban J connectivity index is 2.27. The van der Waals surface area contributed by atoms with E-state index in [-0.39, 0.29) is 0 Å². The van der Waals surface area contributed by atoms with Gasteiger partial charge in [-0.15, -0.1) is 0 Å². The van der Waals surface area contributed by atoms with E-state index in [9.17, 15) is 5.11 Å². The van der Waals surface area contributed by atoms with Crippen LogP contribution in [-0.4, -0.2) is 19.9 Å². The lowest BCUT2D eigenvalue weighted by Gasteiger charge is -2.12. The highest BCUT2D eigenvalue weighted by Crippen LogP contribution is 2.28. The number of aromatic nitrogens is 3. The lowest BCUT2D eigenvalue weighted by molar-refractivity contribution is 0.171. The quantitative estimate of drug-likeness (QED) is 0.927. The SMILES string of the molecule is CCc1nn(C)c(CC(O)c2ncccc2Cl)c1Br. The van der Waals surface area contributed by atoms with Crippen LogP contribution in [0.15, 0.2) is 22.8 Å². The molecule has 0 fully saturated rings. The van der Waals surface area contributed by atoms with Gasteiger partial charge in [-0.25, -0.2) is 0 Å². The Hall–Kier alpha value is -0.910. The maximum Gasteiger partial charge on any atom is 0.103 e. The number of pyridine rings is 1. The molecule has 0 aliphatic heterocycles.